The Labute approximate surface area is 142 Å². The topological polar surface area (TPSA) is 34.9 Å². The SMILES string of the molecule is CCn1cnc(-c2ccc(C(=O)/C=C\Cc3ccccc3)cc2)c1. The molecule has 0 atom stereocenters. The molecule has 0 fully saturated rings. The first-order chi connectivity index (χ1) is 11.8. The minimum Gasteiger partial charge on any atom is -0.337 e. The van der Waals surface area contributed by atoms with E-state index < -0.39 is 0 Å². The molecule has 3 rings (SSSR count). The van der Waals surface area contributed by atoms with Gasteiger partial charge in [0, 0.05) is 23.9 Å². The van der Waals surface area contributed by atoms with Crippen LogP contribution in [-0.4, -0.2) is 15.3 Å². The first kappa shape index (κ1) is 15.9. The Balaban J connectivity index is 1.65. The number of ketones is 1. The Bertz CT molecular complexity index is 830. The summed E-state index contributed by atoms with van der Waals surface area (Å²) in [5.74, 6) is 0.0246. The lowest BCUT2D eigenvalue weighted by Gasteiger charge is -2.00. The number of aromatic nitrogens is 2. The number of imidazole rings is 1. The van der Waals surface area contributed by atoms with Crippen molar-refractivity contribution >= 4 is 5.78 Å². The molecule has 0 saturated heterocycles. The standard InChI is InChI=1S/C21H20N2O/c1-2-23-15-20(22-16-23)18-11-13-19(14-12-18)21(24)10-6-9-17-7-4-3-5-8-17/h3-8,10-16H,2,9H2,1H3/b10-6-. The minimum absolute atomic E-state index is 0.0246. The Morgan fingerprint density at radius 1 is 1.08 bits per heavy atom. The van der Waals surface area contributed by atoms with E-state index in [4.69, 9.17) is 0 Å². The van der Waals surface area contributed by atoms with Gasteiger partial charge in [-0.25, -0.2) is 4.98 Å². The molecule has 3 heteroatoms. The summed E-state index contributed by atoms with van der Waals surface area (Å²) in [5.41, 5.74) is 3.84. The van der Waals surface area contributed by atoms with Crippen LogP contribution in [0.15, 0.2) is 79.3 Å². The molecule has 0 unspecified atom stereocenters. The van der Waals surface area contributed by atoms with Crippen LogP contribution in [-0.2, 0) is 13.0 Å². The summed E-state index contributed by atoms with van der Waals surface area (Å²) in [6, 6.07) is 17.7. The molecule has 1 aromatic heterocycles. The highest BCUT2D eigenvalue weighted by atomic mass is 16.1. The van der Waals surface area contributed by atoms with Crippen molar-refractivity contribution in [2.75, 3.05) is 0 Å². The van der Waals surface area contributed by atoms with Gasteiger partial charge < -0.3 is 4.57 Å². The van der Waals surface area contributed by atoms with Gasteiger partial charge in [0.05, 0.1) is 12.0 Å². The molecule has 120 valence electrons. The van der Waals surface area contributed by atoms with Crippen LogP contribution in [0.5, 0.6) is 0 Å². The average molecular weight is 316 g/mol. The second-order valence-electron chi connectivity index (χ2n) is 5.62. The lowest BCUT2D eigenvalue weighted by atomic mass is 10.1. The lowest BCUT2D eigenvalue weighted by Crippen LogP contribution is -1.94. The molecule has 0 aliphatic heterocycles. The summed E-state index contributed by atoms with van der Waals surface area (Å²) in [7, 11) is 0. The summed E-state index contributed by atoms with van der Waals surface area (Å²) in [6.45, 7) is 2.98. The number of benzene rings is 2. The molecule has 2 aromatic carbocycles. The largest absolute Gasteiger partial charge is 0.337 e. The summed E-state index contributed by atoms with van der Waals surface area (Å²) in [5, 5.41) is 0. The molecule has 3 aromatic rings. The lowest BCUT2D eigenvalue weighted by molar-refractivity contribution is 0.104. The van der Waals surface area contributed by atoms with Crippen LogP contribution >= 0.6 is 0 Å². The molecule has 0 bridgehead atoms. The maximum absolute atomic E-state index is 12.2. The number of allylic oxidation sites excluding steroid dienone is 2. The molecule has 0 aliphatic carbocycles. The van der Waals surface area contributed by atoms with Gasteiger partial charge in [-0.15, -0.1) is 0 Å². The van der Waals surface area contributed by atoms with Gasteiger partial charge in [0.25, 0.3) is 0 Å². The van der Waals surface area contributed by atoms with Crippen molar-refractivity contribution in [3.8, 4) is 11.3 Å². The molecule has 24 heavy (non-hydrogen) atoms. The summed E-state index contributed by atoms with van der Waals surface area (Å²) in [4.78, 5) is 16.6. The van der Waals surface area contributed by atoms with E-state index in [1.165, 1.54) is 5.56 Å². The summed E-state index contributed by atoms with van der Waals surface area (Å²) < 4.78 is 2.03. The van der Waals surface area contributed by atoms with Crippen LogP contribution in [0.1, 0.15) is 22.8 Å². The number of nitrogens with zero attached hydrogens (tertiary/aromatic N) is 2. The van der Waals surface area contributed by atoms with E-state index >= 15 is 0 Å². The van der Waals surface area contributed by atoms with Gasteiger partial charge in [0.15, 0.2) is 5.78 Å². The van der Waals surface area contributed by atoms with E-state index in [9.17, 15) is 4.79 Å². The zero-order valence-electron chi connectivity index (χ0n) is 13.7. The monoisotopic (exact) mass is 316 g/mol. The molecular weight excluding hydrogens is 296 g/mol. The summed E-state index contributed by atoms with van der Waals surface area (Å²) in [6.07, 6.45) is 8.15. The predicted octanol–water partition coefficient (Wildman–Crippen LogP) is 4.55. The third-order valence-electron chi connectivity index (χ3n) is 3.93. The van der Waals surface area contributed by atoms with Gasteiger partial charge in [0.2, 0.25) is 0 Å². The van der Waals surface area contributed by atoms with Gasteiger partial charge in [-0.05, 0) is 25.0 Å². The molecule has 0 amide bonds. The smallest absolute Gasteiger partial charge is 0.185 e. The Kier molecular flexibility index (Phi) is 5.02. The van der Waals surface area contributed by atoms with Crippen LogP contribution in [0.25, 0.3) is 11.3 Å². The predicted molar refractivity (Wildman–Crippen MR) is 97.0 cm³/mol. The minimum atomic E-state index is 0.0246. The highest BCUT2D eigenvalue weighted by molar-refractivity contribution is 6.04. The third-order valence-corrected chi connectivity index (χ3v) is 3.93. The first-order valence-electron chi connectivity index (χ1n) is 8.13. The van der Waals surface area contributed by atoms with Crippen LogP contribution in [0.2, 0.25) is 0 Å². The van der Waals surface area contributed by atoms with Crippen LogP contribution in [0, 0.1) is 0 Å². The molecule has 1 heterocycles. The Hall–Kier alpha value is -2.94. The Morgan fingerprint density at radius 3 is 2.50 bits per heavy atom. The van der Waals surface area contributed by atoms with Gasteiger partial charge in [-0.3, -0.25) is 4.79 Å². The highest BCUT2D eigenvalue weighted by Gasteiger charge is 2.05. The molecule has 0 aliphatic rings. The van der Waals surface area contributed by atoms with Crippen molar-refractivity contribution in [2.45, 2.75) is 19.9 Å². The maximum atomic E-state index is 12.2. The highest BCUT2D eigenvalue weighted by Crippen LogP contribution is 2.18. The fourth-order valence-electron chi connectivity index (χ4n) is 2.50. The van der Waals surface area contributed by atoms with Crippen molar-refractivity contribution in [3.63, 3.8) is 0 Å². The van der Waals surface area contributed by atoms with Gasteiger partial charge in [0.1, 0.15) is 0 Å². The molecule has 0 saturated carbocycles. The van der Waals surface area contributed by atoms with Gasteiger partial charge in [-0.2, -0.15) is 0 Å². The van der Waals surface area contributed by atoms with E-state index in [0.29, 0.717) is 5.56 Å². The van der Waals surface area contributed by atoms with Crippen LogP contribution in [0.3, 0.4) is 0 Å². The number of carbonyl (C=O) groups is 1. The van der Waals surface area contributed by atoms with Crippen molar-refractivity contribution in [3.05, 3.63) is 90.4 Å². The number of aryl methyl sites for hydroxylation is 1. The van der Waals surface area contributed by atoms with Crippen molar-refractivity contribution in [1.29, 1.82) is 0 Å². The number of carbonyl (C=O) groups excluding carboxylic acids is 1. The zero-order chi connectivity index (χ0) is 16.8. The molecule has 0 radical (unpaired) electrons. The van der Waals surface area contributed by atoms with E-state index in [-0.39, 0.29) is 5.78 Å². The first-order valence-corrected chi connectivity index (χ1v) is 8.13. The number of hydrogen-bond donors (Lipinski definition) is 0. The normalized spacial score (nSPS) is 11.0. The number of rotatable bonds is 6. The molecule has 0 spiro atoms. The maximum Gasteiger partial charge on any atom is 0.185 e. The fourth-order valence-corrected chi connectivity index (χ4v) is 2.50. The van der Waals surface area contributed by atoms with E-state index in [2.05, 4.69) is 24.0 Å². The second-order valence-corrected chi connectivity index (χ2v) is 5.62. The quantitative estimate of drug-likeness (QED) is 0.494. The third kappa shape index (κ3) is 3.87. The van der Waals surface area contributed by atoms with Crippen molar-refractivity contribution in [2.24, 2.45) is 0 Å². The van der Waals surface area contributed by atoms with E-state index in [1.54, 1.807) is 6.08 Å². The zero-order valence-corrected chi connectivity index (χ0v) is 13.7. The van der Waals surface area contributed by atoms with Crippen molar-refractivity contribution in [1.82, 2.24) is 9.55 Å². The molecular formula is C21H20N2O. The second kappa shape index (κ2) is 7.55. The summed E-state index contributed by atoms with van der Waals surface area (Å²) >= 11 is 0. The van der Waals surface area contributed by atoms with Crippen LogP contribution < -0.4 is 0 Å². The van der Waals surface area contributed by atoms with E-state index in [0.717, 1.165) is 24.2 Å². The van der Waals surface area contributed by atoms with Gasteiger partial charge >= 0.3 is 0 Å². The average Bonchev–Trinajstić information content (AvgIpc) is 3.12. The molecule has 3 nitrogen and oxygen atoms in total. The Morgan fingerprint density at radius 2 is 1.83 bits per heavy atom. The number of hydrogen-bond acceptors (Lipinski definition) is 2. The fraction of sp³-hybridized carbons (Fsp3) is 0.143. The van der Waals surface area contributed by atoms with Crippen LogP contribution in [0.4, 0.5) is 0 Å². The van der Waals surface area contributed by atoms with E-state index in [1.807, 2.05) is 65.6 Å². The molecule has 0 N–H and O–H groups in total. The van der Waals surface area contributed by atoms with Gasteiger partial charge in [-0.1, -0.05) is 60.7 Å². The van der Waals surface area contributed by atoms with Crippen molar-refractivity contribution < 1.29 is 4.79 Å².